The first-order valence-electron chi connectivity index (χ1n) is 5.60. The summed E-state index contributed by atoms with van der Waals surface area (Å²) < 4.78 is 4.84. The first kappa shape index (κ1) is 15.5. The van der Waals surface area contributed by atoms with Gasteiger partial charge < -0.3 is 9.84 Å². The highest BCUT2D eigenvalue weighted by Crippen LogP contribution is 2.14. The van der Waals surface area contributed by atoms with Gasteiger partial charge in [0.15, 0.2) is 5.82 Å². The number of thioether (sulfide) groups is 1. The van der Waals surface area contributed by atoms with Crippen LogP contribution < -0.4 is 5.32 Å². The second-order valence-electron chi connectivity index (χ2n) is 3.84. The lowest BCUT2D eigenvalue weighted by atomic mass is 10.4. The van der Waals surface area contributed by atoms with Gasteiger partial charge in [0.25, 0.3) is 5.91 Å². The van der Waals surface area contributed by atoms with Crippen LogP contribution in [0.15, 0.2) is 10.6 Å². The zero-order valence-electron chi connectivity index (χ0n) is 11.3. The van der Waals surface area contributed by atoms with E-state index < -0.39 is 0 Å². The molecule has 8 heteroatoms. The fourth-order valence-corrected chi connectivity index (χ4v) is 1.90. The molecule has 0 aliphatic carbocycles. The maximum atomic E-state index is 11.8. The number of aromatic nitrogens is 1. The van der Waals surface area contributed by atoms with Crippen LogP contribution in [-0.2, 0) is 14.4 Å². The summed E-state index contributed by atoms with van der Waals surface area (Å²) in [5.74, 6) is 0.718. The summed E-state index contributed by atoms with van der Waals surface area (Å²) in [5, 5.41) is 7.01. The van der Waals surface area contributed by atoms with Gasteiger partial charge in [0.2, 0.25) is 5.91 Å². The molecule has 1 aromatic heterocycles. The van der Waals surface area contributed by atoms with Gasteiger partial charge in [-0.15, -0.1) is 11.8 Å². The number of carbonyl (C=O) groups excluding carboxylic acids is 2. The highest BCUT2D eigenvalue weighted by molar-refractivity contribution is 8.01. The fourth-order valence-electron chi connectivity index (χ4n) is 1.12. The summed E-state index contributed by atoms with van der Waals surface area (Å²) >= 11 is 1.22. The quantitative estimate of drug-likeness (QED) is 0.788. The van der Waals surface area contributed by atoms with Crippen molar-refractivity contribution in [2.24, 2.45) is 0 Å². The molecule has 0 saturated carbocycles. The lowest BCUT2D eigenvalue weighted by Gasteiger charge is -2.15. The summed E-state index contributed by atoms with van der Waals surface area (Å²) in [7, 11) is 2.93. The fraction of sp³-hybridized carbons (Fsp3) is 0.545. The predicted molar refractivity (Wildman–Crippen MR) is 71.6 cm³/mol. The third-order valence-electron chi connectivity index (χ3n) is 2.33. The number of rotatable bonds is 6. The molecule has 0 fully saturated rings. The highest BCUT2D eigenvalue weighted by atomic mass is 32.2. The van der Waals surface area contributed by atoms with Gasteiger partial charge in [0, 0.05) is 13.1 Å². The molecule has 0 aromatic carbocycles. The lowest BCUT2D eigenvalue weighted by molar-refractivity contribution is -0.165. The largest absolute Gasteiger partial charge is 0.360 e. The van der Waals surface area contributed by atoms with E-state index in [0.717, 1.165) is 5.06 Å². The second kappa shape index (κ2) is 7.15. The molecule has 1 atom stereocenters. The Labute approximate surface area is 115 Å². The molecule has 7 nitrogen and oxygen atoms in total. The molecule has 1 N–H and O–H groups in total. The van der Waals surface area contributed by atoms with Gasteiger partial charge in [0.1, 0.15) is 5.76 Å². The molecular formula is C11H17N3O4S. The van der Waals surface area contributed by atoms with Crippen LogP contribution in [0.2, 0.25) is 0 Å². The standard InChI is InChI=1S/C11H17N3O4S/c1-7-5-9(13-18-7)12-11(16)8(2)19-6-10(15)14(3)17-4/h5,8H,6H2,1-4H3,(H,12,13,16)/t8-/m1/s1. The van der Waals surface area contributed by atoms with E-state index in [-0.39, 0.29) is 22.8 Å². The lowest BCUT2D eigenvalue weighted by Crippen LogP contribution is -2.29. The minimum atomic E-state index is -0.383. The van der Waals surface area contributed by atoms with E-state index >= 15 is 0 Å². The predicted octanol–water partition coefficient (Wildman–Crippen LogP) is 1.06. The van der Waals surface area contributed by atoms with E-state index in [1.54, 1.807) is 19.9 Å². The van der Waals surface area contributed by atoms with E-state index in [2.05, 4.69) is 10.5 Å². The summed E-state index contributed by atoms with van der Waals surface area (Å²) in [6.45, 7) is 3.45. The van der Waals surface area contributed by atoms with E-state index in [1.165, 1.54) is 25.9 Å². The minimum Gasteiger partial charge on any atom is -0.360 e. The Balaban J connectivity index is 2.39. The van der Waals surface area contributed by atoms with Crippen LogP contribution in [0.4, 0.5) is 5.82 Å². The summed E-state index contributed by atoms with van der Waals surface area (Å²) in [6, 6.07) is 1.62. The van der Waals surface area contributed by atoms with Gasteiger partial charge in [-0.25, -0.2) is 5.06 Å². The molecule has 0 spiro atoms. The Morgan fingerprint density at radius 1 is 1.63 bits per heavy atom. The van der Waals surface area contributed by atoms with E-state index in [4.69, 9.17) is 9.36 Å². The number of hydrogen-bond donors (Lipinski definition) is 1. The third-order valence-corrected chi connectivity index (χ3v) is 3.46. The maximum absolute atomic E-state index is 11.8. The smallest absolute Gasteiger partial charge is 0.255 e. The average Bonchev–Trinajstić information content (AvgIpc) is 2.79. The van der Waals surface area contributed by atoms with Gasteiger partial charge in [0.05, 0.1) is 18.1 Å². The zero-order chi connectivity index (χ0) is 14.4. The van der Waals surface area contributed by atoms with Crippen molar-refractivity contribution in [2.75, 3.05) is 25.2 Å². The van der Waals surface area contributed by atoms with Crippen molar-refractivity contribution < 1.29 is 18.9 Å². The summed E-state index contributed by atoms with van der Waals surface area (Å²) in [4.78, 5) is 28.0. The number of hydroxylamine groups is 2. The van der Waals surface area contributed by atoms with Crippen molar-refractivity contribution in [3.05, 3.63) is 11.8 Å². The molecule has 0 unspecified atom stereocenters. The van der Waals surface area contributed by atoms with Gasteiger partial charge in [-0.05, 0) is 13.8 Å². The van der Waals surface area contributed by atoms with Crippen LogP contribution in [0.1, 0.15) is 12.7 Å². The summed E-state index contributed by atoms with van der Waals surface area (Å²) in [6.07, 6.45) is 0. The van der Waals surface area contributed by atoms with Gasteiger partial charge in [-0.3, -0.25) is 14.4 Å². The minimum absolute atomic E-state index is 0.163. The van der Waals surface area contributed by atoms with Crippen LogP contribution in [0.3, 0.4) is 0 Å². The first-order valence-corrected chi connectivity index (χ1v) is 6.65. The number of carbonyl (C=O) groups is 2. The Hall–Kier alpha value is -1.54. The molecule has 1 aromatic rings. The van der Waals surface area contributed by atoms with E-state index in [1.807, 2.05) is 0 Å². The molecule has 106 valence electrons. The van der Waals surface area contributed by atoms with Crippen molar-refractivity contribution in [1.82, 2.24) is 10.2 Å². The molecular weight excluding hydrogens is 270 g/mol. The molecule has 0 bridgehead atoms. The number of hydrogen-bond acceptors (Lipinski definition) is 6. The molecule has 0 radical (unpaired) electrons. The average molecular weight is 287 g/mol. The number of nitrogens with zero attached hydrogens (tertiary/aromatic N) is 2. The van der Waals surface area contributed by atoms with Crippen LogP contribution in [0.25, 0.3) is 0 Å². The molecule has 2 amide bonds. The van der Waals surface area contributed by atoms with E-state index in [0.29, 0.717) is 11.6 Å². The topological polar surface area (TPSA) is 84.7 Å². The number of anilines is 1. The number of amides is 2. The molecule has 0 saturated heterocycles. The molecule has 0 aliphatic heterocycles. The maximum Gasteiger partial charge on any atom is 0.255 e. The van der Waals surface area contributed by atoms with Crippen molar-refractivity contribution in [3.63, 3.8) is 0 Å². The summed E-state index contributed by atoms with van der Waals surface area (Å²) in [5.41, 5.74) is 0. The van der Waals surface area contributed by atoms with Crippen LogP contribution in [-0.4, -0.2) is 47.2 Å². The van der Waals surface area contributed by atoms with Crippen molar-refractivity contribution in [2.45, 2.75) is 19.1 Å². The molecule has 19 heavy (non-hydrogen) atoms. The van der Waals surface area contributed by atoms with Crippen LogP contribution in [0.5, 0.6) is 0 Å². The monoisotopic (exact) mass is 287 g/mol. The number of aryl methyl sites for hydroxylation is 1. The Bertz CT molecular complexity index is 449. The van der Waals surface area contributed by atoms with Crippen LogP contribution >= 0.6 is 11.8 Å². The Kier molecular flexibility index (Phi) is 5.84. The second-order valence-corrected chi connectivity index (χ2v) is 5.17. The molecule has 1 rings (SSSR count). The molecule has 0 aliphatic rings. The normalized spacial score (nSPS) is 12.0. The van der Waals surface area contributed by atoms with Gasteiger partial charge in [-0.1, -0.05) is 5.16 Å². The SMILES string of the molecule is CON(C)C(=O)CS[C@H](C)C(=O)Nc1cc(C)on1. The Morgan fingerprint density at radius 2 is 2.32 bits per heavy atom. The first-order chi connectivity index (χ1) is 8.93. The van der Waals surface area contributed by atoms with Crippen molar-refractivity contribution in [3.8, 4) is 0 Å². The van der Waals surface area contributed by atoms with Crippen molar-refractivity contribution >= 4 is 29.4 Å². The number of nitrogens with one attached hydrogen (secondary N) is 1. The van der Waals surface area contributed by atoms with Gasteiger partial charge in [-0.2, -0.15) is 0 Å². The third kappa shape index (κ3) is 4.92. The zero-order valence-corrected chi connectivity index (χ0v) is 12.1. The van der Waals surface area contributed by atoms with Crippen LogP contribution in [0, 0.1) is 6.92 Å². The Morgan fingerprint density at radius 3 is 2.84 bits per heavy atom. The highest BCUT2D eigenvalue weighted by Gasteiger charge is 2.18. The van der Waals surface area contributed by atoms with E-state index in [9.17, 15) is 9.59 Å². The molecule has 1 heterocycles. The van der Waals surface area contributed by atoms with Gasteiger partial charge >= 0.3 is 0 Å². The van der Waals surface area contributed by atoms with Crippen molar-refractivity contribution in [1.29, 1.82) is 0 Å².